The average Bonchev–Trinajstić information content (AvgIpc) is 2.46. The van der Waals surface area contributed by atoms with Crippen molar-refractivity contribution in [2.24, 2.45) is 5.92 Å². The highest BCUT2D eigenvalue weighted by Crippen LogP contribution is 2.27. The van der Waals surface area contributed by atoms with E-state index in [4.69, 9.17) is 9.47 Å². The van der Waals surface area contributed by atoms with Crippen molar-refractivity contribution in [2.45, 2.75) is 45.3 Å². The first kappa shape index (κ1) is 15.4. The molecule has 20 heavy (non-hydrogen) atoms. The quantitative estimate of drug-likeness (QED) is 0.801. The zero-order valence-electron chi connectivity index (χ0n) is 12.2. The summed E-state index contributed by atoms with van der Waals surface area (Å²) in [6.07, 6.45) is 5.19. The molecule has 4 nitrogen and oxygen atoms in total. The molecule has 0 heterocycles. The van der Waals surface area contributed by atoms with E-state index in [0.29, 0.717) is 29.8 Å². The smallest absolute Gasteiger partial charge is 0.492 e. The Morgan fingerprint density at radius 3 is 2.65 bits per heavy atom. The van der Waals surface area contributed by atoms with Crippen molar-refractivity contribution >= 4 is 12.6 Å². The van der Waals surface area contributed by atoms with Crippen molar-refractivity contribution in [3.63, 3.8) is 0 Å². The predicted octanol–water partition coefficient (Wildman–Crippen LogP) is 1.47. The number of methoxy groups -OCH3 is 1. The number of hydrogen-bond donors (Lipinski definition) is 2. The molecule has 5 heteroatoms. The van der Waals surface area contributed by atoms with E-state index >= 15 is 0 Å². The van der Waals surface area contributed by atoms with Crippen molar-refractivity contribution in [3.8, 4) is 5.75 Å². The summed E-state index contributed by atoms with van der Waals surface area (Å²) >= 11 is 0. The van der Waals surface area contributed by atoms with Crippen LogP contribution in [0.4, 0.5) is 0 Å². The van der Waals surface area contributed by atoms with Crippen LogP contribution in [0.25, 0.3) is 0 Å². The lowest BCUT2D eigenvalue weighted by molar-refractivity contribution is -0.0154. The van der Waals surface area contributed by atoms with E-state index < -0.39 is 7.12 Å². The minimum absolute atomic E-state index is 0.313. The maximum atomic E-state index is 9.35. The number of rotatable bonds is 5. The molecule has 2 N–H and O–H groups in total. The van der Waals surface area contributed by atoms with E-state index in [1.807, 2.05) is 6.07 Å². The molecule has 1 saturated carbocycles. The molecule has 110 valence electrons. The van der Waals surface area contributed by atoms with Gasteiger partial charge in [0.25, 0.3) is 0 Å². The Morgan fingerprint density at radius 2 is 2.00 bits per heavy atom. The molecule has 2 rings (SSSR count). The fourth-order valence-electron chi connectivity index (χ4n) is 2.81. The molecule has 1 aliphatic rings. The summed E-state index contributed by atoms with van der Waals surface area (Å²) in [6, 6.07) is 5.38. The zero-order chi connectivity index (χ0) is 14.5. The maximum absolute atomic E-state index is 9.35. The first-order valence-electron chi connectivity index (χ1n) is 7.26. The van der Waals surface area contributed by atoms with Gasteiger partial charge in [0.05, 0.1) is 19.8 Å². The minimum atomic E-state index is -1.53. The van der Waals surface area contributed by atoms with Gasteiger partial charge in [0, 0.05) is 5.46 Å². The van der Waals surface area contributed by atoms with Gasteiger partial charge in [-0.15, -0.1) is 0 Å². The highest BCUT2D eigenvalue weighted by atomic mass is 16.5. The van der Waals surface area contributed by atoms with Gasteiger partial charge in [-0.05, 0) is 30.4 Å². The van der Waals surface area contributed by atoms with Crippen LogP contribution in [0.1, 0.15) is 38.2 Å². The summed E-state index contributed by atoms with van der Waals surface area (Å²) in [4.78, 5) is 0. The van der Waals surface area contributed by atoms with E-state index in [-0.39, 0.29) is 0 Å². The van der Waals surface area contributed by atoms with Crippen molar-refractivity contribution in [3.05, 3.63) is 23.8 Å². The van der Waals surface area contributed by atoms with Crippen LogP contribution in [-0.4, -0.2) is 30.4 Å². The normalized spacial score (nSPS) is 22.6. The number of ether oxygens (including phenoxy) is 2. The molecule has 0 bridgehead atoms. The van der Waals surface area contributed by atoms with Gasteiger partial charge in [-0.2, -0.15) is 0 Å². The summed E-state index contributed by atoms with van der Waals surface area (Å²) in [5.41, 5.74) is 1.32. The van der Waals surface area contributed by atoms with Crippen LogP contribution in [0, 0.1) is 5.92 Å². The summed E-state index contributed by atoms with van der Waals surface area (Å²) < 4.78 is 11.1. The molecule has 1 fully saturated rings. The fourth-order valence-corrected chi connectivity index (χ4v) is 2.81. The molecule has 1 aromatic rings. The van der Waals surface area contributed by atoms with Crippen LogP contribution in [0.5, 0.6) is 5.75 Å². The monoisotopic (exact) mass is 278 g/mol. The first-order valence-corrected chi connectivity index (χ1v) is 7.26. The second kappa shape index (κ2) is 7.11. The maximum Gasteiger partial charge on any atom is 0.492 e. The predicted molar refractivity (Wildman–Crippen MR) is 79.0 cm³/mol. The Hall–Kier alpha value is -1.04. The average molecular weight is 278 g/mol. The van der Waals surface area contributed by atoms with Gasteiger partial charge in [0.15, 0.2) is 0 Å². The van der Waals surface area contributed by atoms with Crippen LogP contribution < -0.4 is 10.2 Å². The molecule has 0 spiro atoms. The van der Waals surface area contributed by atoms with E-state index in [1.54, 1.807) is 12.1 Å². The number of hydrogen-bond acceptors (Lipinski definition) is 4. The molecule has 2 unspecified atom stereocenters. The summed E-state index contributed by atoms with van der Waals surface area (Å²) in [5.74, 6) is 1.08. The second-order valence-corrected chi connectivity index (χ2v) is 5.56. The third-order valence-electron chi connectivity index (χ3n) is 4.07. The lowest BCUT2D eigenvalue weighted by atomic mass is 9.79. The van der Waals surface area contributed by atoms with E-state index in [1.165, 1.54) is 26.4 Å². The molecule has 0 radical (unpaired) electrons. The summed E-state index contributed by atoms with van der Waals surface area (Å²) in [6.45, 7) is 2.74. The van der Waals surface area contributed by atoms with Gasteiger partial charge in [0.1, 0.15) is 5.75 Å². The van der Waals surface area contributed by atoms with Crippen molar-refractivity contribution in [2.75, 3.05) is 7.11 Å². The Balaban J connectivity index is 2.00. The molecule has 0 saturated heterocycles. The standard InChI is InChI=1S/C15H23BO4/c1-11-5-3-4-6-14(11)20-10-12-7-8-15(19-2)13(9-12)16(17)18/h7-9,11,14,17-18H,3-6,10H2,1-2H3. The van der Waals surface area contributed by atoms with Crippen LogP contribution >= 0.6 is 0 Å². The SMILES string of the molecule is COc1ccc(COC2CCCCC2C)cc1B(O)O. The largest absolute Gasteiger partial charge is 0.497 e. The Labute approximate surface area is 120 Å². The van der Waals surface area contributed by atoms with Gasteiger partial charge >= 0.3 is 7.12 Å². The lowest BCUT2D eigenvalue weighted by Gasteiger charge is -2.28. The van der Waals surface area contributed by atoms with Crippen LogP contribution in [0.2, 0.25) is 0 Å². The third-order valence-corrected chi connectivity index (χ3v) is 4.07. The lowest BCUT2D eigenvalue weighted by Crippen LogP contribution is -2.32. The van der Waals surface area contributed by atoms with Gasteiger partial charge in [-0.1, -0.05) is 31.9 Å². The van der Waals surface area contributed by atoms with Gasteiger partial charge in [0.2, 0.25) is 0 Å². The van der Waals surface area contributed by atoms with Crippen LogP contribution in [0.3, 0.4) is 0 Å². The molecule has 1 aliphatic carbocycles. The highest BCUT2D eigenvalue weighted by molar-refractivity contribution is 6.59. The fraction of sp³-hybridized carbons (Fsp3) is 0.600. The minimum Gasteiger partial charge on any atom is -0.497 e. The Kier molecular flexibility index (Phi) is 5.46. The molecule has 0 aromatic heterocycles. The van der Waals surface area contributed by atoms with Crippen molar-refractivity contribution < 1.29 is 19.5 Å². The van der Waals surface area contributed by atoms with Crippen LogP contribution in [0.15, 0.2) is 18.2 Å². The van der Waals surface area contributed by atoms with E-state index in [0.717, 1.165) is 12.0 Å². The molecular formula is C15H23BO4. The van der Waals surface area contributed by atoms with Crippen molar-refractivity contribution in [1.82, 2.24) is 0 Å². The van der Waals surface area contributed by atoms with Crippen molar-refractivity contribution in [1.29, 1.82) is 0 Å². The second-order valence-electron chi connectivity index (χ2n) is 5.56. The molecule has 2 atom stereocenters. The molecule has 1 aromatic carbocycles. The van der Waals surface area contributed by atoms with Gasteiger partial charge < -0.3 is 19.5 Å². The molecular weight excluding hydrogens is 255 g/mol. The highest BCUT2D eigenvalue weighted by Gasteiger charge is 2.22. The number of benzene rings is 1. The summed E-state index contributed by atoms with van der Waals surface area (Å²) in [5, 5.41) is 18.7. The zero-order valence-corrected chi connectivity index (χ0v) is 12.2. The molecule has 0 amide bonds. The Bertz CT molecular complexity index is 436. The Morgan fingerprint density at radius 1 is 1.25 bits per heavy atom. The van der Waals surface area contributed by atoms with E-state index in [2.05, 4.69) is 6.92 Å². The molecule has 0 aliphatic heterocycles. The van der Waals surface area contributed by atoms with E-state index in [9.17, 15) is 10.0 Å². The van der Waals surface area contributed by atoms with Crippen LogP contribution in [-0.2, 0) is 11.3 Å². The summed E-state index contributed by atoms with van der Waals surface area (Å²) in [7, 11) is -0.0142. The van der Waals surface area contributed by atoms with Gasteiger partial charge in [-0.3, -0.25) is 0 Å². The van der Waals surface area contributed by atoms with Gasteiger partial charge in [-0.25, -0.2) is 0 Å². The first-order chi connectivity index (χ1) is 9.61. The topological polar surface area (TPSA) is 58.9 Å². The third kappa shape index (κ3) is 3.75.